The van der Waals surface area contributed by atoms with Crippen molar-refractivity contribution in [2.24, 2.45) is 11.7 Å². The summed E-state index contributed by atoms with van der Waals surface area (Å²) in [4.78, 5) is 12.6. The number of methoxy groups -OCH3 is 1. The smallest absolute Gasteiger partial charge is 0.251 e. The molecule has 2 rings (SSSR count). The van der Waals surface area contributed by atoms with Crippen LogP contribution in [-0.4, -0.2) is 29.2 Å². The monoisotopic (exact) mass is 294 g/mol. The van der Waals surface area contributed by atoms with Crippen LogP contribution < -0.4 is 15.8 Å². The predicted molar refractivity (Wildman–Crippen MR) is 80.0 cm³/mol. The first-order chi connectivity index (χ1) is 9.52. The van der Waals surface area contributed by atoms with Crippen LogP contribution >= 0.6 is 12.2 Å². The molecule has 1 saturated carbocycles. The minimum absolute atomic E-state index is 0.0238. The number of benzene rings is 1. The SMILES string of the molecule is COc1ccc(C(=O)NC2CCCC2C(N)=S)cc1O. The first-order valence-corrected chi connectivity index (χ1v) is 6.91. The van der Waals surface area contributed by atoms with Crippen molar-refractivity contribution in [1.29, 1.82) is 0 Å². The third-order valence-electron chi connectivity index (χ3n) is 3.64. The van der Waals surface area contributed by atoms with Gasteiger partial charge in [-0.1, -0.05) is 18.6 Å². The van der Waals surface area contributed by atoms with Crippen LogP contribution in [0.25, 0.3) is 0 Å². The van der Waals surface area contributed by atoms with Gasteiger partial charge >= 0.3 is 0 Å². The molecule has 20 heavy (non-hydrogen) atoms. The molecule has 1 aliphatic carbocycles. The van der Waals surface area contributed by atoms with Crippen LogP contribution in [0.4, 0.5) is 0 Å². The molecule has 0 heterocycles. The molecule has 1 aromatic rings. The minimum atomic E-state index is -0.240. The Kier molecular flexibility index (Phi) is 4.44. The van der Waals surface area contributed by atoms with Crippen molar-refractivity contribution >= 4 is 23.1 Å². The van der Waals surface area contributed by atoms with E-state index in [1.807, 2.05) is 0 Å². The van der Waals surface area contributed by atoms with Crippen molar-refractivity contribution in [3.8, 4) is 11.5 Å². The second kappa shape index (κ2) is 6.09. The molecule has 2 atom stereocenters. The molecule has 1 amide bonds. The number of nitrogens with one attached hydrogen (secondary N) is 1. The average Bonchev–Trinajstić information content (AvgIpc) is 2.86. The van der Waals surface area contributed by atoms with Gasteiger partial charge in [0.2, 0.25) is 0 Å². The molecule has 0 saturated heterocycles. The highest BCUT2D eigenvalue weighted by Crippen LogP contribution is 2.28. The van der Waals surface area contributed by atoms with Crippen molar-refractivity contribution in [2.75, 3.05) is 7.11 Å². The lowest BCUT2D eigenvalue weighted by molar-refractivity contribution is 0.0933. The van der Waals surface area contributed by atoms with Crippen LogP contribution in [0.5, 0.6) is 11.5 Å². The number of nitrogens with two attached hydrogens (primary N) is 1. The number of amides is 1. The van der Waals surface area contributed by atoms with Gasteiger partial charge in [-0.05, 0) is 31.0 Å². The largest absolute Gasteiger partial charge is 0.504 e. The topological polar surface area (TPSA) is 84.6 Å². The van der Waals surface area contributed by atoms with E-state index in [0.717, 1.165) is 19.3 Å². The molecule has 108 valence electrons. The molecule has 0 radical (unpaired) electrons. The maximum Gasteiger partial charge on any atom is 0.251 e. The molecule has 2 unspecified atom stereocenters. The maximum absolute atomic E-state index is 12.2. The highest BCUT2D eigenvalue weighted by atomic mass is 32.1. The van der Waals surface area contributed by atoms with Gasteiger partial charge < -0.3 is 20.9 Å². The molecule has 0 spiro atoms. The Bertz CT molecular complexity index is 533. The average molecular weight is 294 g/mol. The molecule has 0 bridgehead atoms. The fraction of sp³-hybridized carbons (Fsp3) is 0.429. The van der Waals surface area contributed by atoms with E-state index in [0.29, 0.717) is 16.3 Å². The summed E-state index contributed by atoms with van der Waals surface area (Å²) in [6, 6.07) is 4.53. The van der Waals surface area contributed by atoms with Crippen molar-refractivity contribution < 1.29 is 14.6 Å². The molecular weight excluding hydrogens is 276 g/mol. The third-order valence-corrected chi connectivity index (χ3v) is 3.94. The van der Waals surface area contributed by atoms with Crippen LogP contribution in [-0.2, 0) is 0 Å². The number of thiocarbonyl (C=S) groups is 1. The van der Waals surface area contributed by atoms with E-state index in [9.17, 15) is 9.90 Å². The summed E-state index contributed by atoms with van der Waals surface area (Å²) in [6.45, 7) is 0. The lowest BCUT2D eigenvalue weighted by Gasteiger charge is -2.20. The summed E-state index contributed by atoms with van der Waals surface area (Å²) in [5.41, 5.74) is 6.07. The molecule has 0 aromatic heterocycles. The van der Waals surface area contributed by atoms with Crippen LogP contribution in [0.3, 0.4) is 0 Å². The molecule has 0 aliphatic heterocycles. The second-order valence-electron chi connectivity index (χ2n) is 4.91. The van der Waals surface area contributed by atoms with E-state index < -0.39 is 0 Å². The lowest BCUT2D eigenvalue weighted by atomic mass is 10.0. The number of phenols is 1. The van der Waals surface area contributed by atoms with Gasteiger partial charge in [0.05, 0.1) is 12.1 Å². The van der Waals surface area contributed by atoms with E-state index in [-0.39, 0.29) is 23.6 Å². The first kappa shape index (κ1) is 14.6. The van der Waals surface area contributed by atoms with Gasteiger partial charge in [0.1, 0.15) is 0 Å². The number of ether oxygens (including phenoxy) is 1. The zero-order valence-electron chi connectivity index (χ0n) is 11.3. The Morgan fingerprint density at radius 1 is 1.50 bits per heavy atom. The molecule has 1 aromatic carbocycles. The number of rotatable bonds is 4. The number of carbonyl (C=O) groups is 1. The zero-order chi connectivity index (χ0) is 14.7. The van der Waals surface area contributed by atoms with Gasteiger partial charge in [-0.25, -0.2) is 0 Å². The van der Waals surface area contributed by atoms with E-state index in [1.54, 1.807) is 12.1 Å². The van der Waals surface area contributed by atoms with Gasteiger partial charge in [-0.15, -0.1) is 0 Å². The predicted octanol–water partition coefficient (Wildman–Crippen LogP) is 1.59. The van der Waals surface area contributed by atoms with Crippen LogP contribution in [0.1, 0.15) is 29.6 Å². The lowest BCUT2D eigenvalue weighted by Crippen LogP contribution is -2.41. The van der Waals surface area contributed by atoms with Gasteiger partial charge in [-0.3, -0.25) is 4.79 Å². The molecule has 5 nitrogen and oxygen atoms in total. The van der Waals surface area contributed by atoms with Crippen molar-refractivity contribution in [1.82, 2.24) is 5.32 Å². The van der Waals surface area contributed by atoms with Crippen molar-refractivity contribution in [3.05, 3.63) is 23.8 Å². The molecule has 6 heteroatoms. The number of hydrogen-bond donors (Lipinski definition) is 3. The maximum atomic E-state index is 12.2. The Hall–Kier alpha value is -1.82. The highest BCUT2D eigenvalue weighted by Gasteiger charge is 2.30. The van der Waals surface area contributed by atoms with E-state index >= 15 is 0 Å². The number of aromatic hydroxyl groups is 1. The van der Waals surface area contributed by atoms with Crippen LogP contribution in [0, 0.1) is 5.92 Å². The second-order valence-corrected chi connectivity index (χ2v) is 5.38. The quantitative estimate of drug-likeness (QED) is 0.734. The highest BCUT2D eigenvalue weighted by molar-refractivity contribution is 7.80. The normalized spacial score (nSPS) is 21.4. The third kappa shape index (κ3) is 3.01. The van der Waals surface area contributed by atoms with Crippen molar-refractivity contribution in [3.63, 3.8) is 0 Å². The first-order valence-electron chi connectivity index (χ1n) is 6.50. The van der Waals surface area contributed by atoms with Gasteiger partial charge in [0.15, 0.2) is 11.5 Å². The molecular formula is C14H18N2O3S. The van der Waals surface area contributed by atoms with Gasteiger partial charge in [0.25, 0.3) is 5.91 Å². The summed E-state index contributed by atoms with van der Waals surface area (Å²) >= 11 is 5.03. The molecule has 1 fully saturated rings. The summed E-state index contributed by atoms with van der Waals surface area (Å²) in [7, 11) is 1.46. The van der Waals surface area contributed by atoms with Gasteiger partial charge in [-0.2, -0.15) is 0 Å². The Balaban J connectivity index is 2.08. The fourth-order valence-electron chi connectivity index (χ4n) is 2.56. The number of carbonyl (C=O) groups excluding carboxylic acids is 1. The Morgan fingerprint density at radius 3 is 2.85 bits per heavy atom. The van der Waals surface area contributed by atoms with Crippen LogP contribution in [0.15, 0.2) is 18.2 Å². The fourth-order valence-corrected chi connectivity index (χ4v) is 2.84. The summed E-state index contributed by atoms with van der Waals surface area (Å²) < 4.78 is 4.95. The molecule has 4 N–H and O–H groups in total. The molecule has 1 aliphatic rings. The van der Waals surface area contributed by atoms with Crippen LogP contribution in [0.2, 0.25) is 0 Å². The standard InChI is InChI=1S/C14H18N2O3S/c1-19-12-6-5-8(7-11(12)17)14(18)16-10-4-2-3-9(10)13(15)20/h5-7,9-10,17H,2-4H2,1H3,(H2,15,20)(H,16,18). The number of phenolic OH excluding ortho intramolecular Hbond substituents is 1. The van der Waals surface area contributed by atoms with Gasteiger partial charge in [0, 0.05) is 17.5 Å². The summed E-state index contributed by atoms with van der Waals surface area (Å²) in [5.74, 6) is 0.0952. The van der Waals surface area contributed by atoms with E-state index in [1.165, 1.54) is 13.2 Å². The number of hydrogen-bond acceptors (Lipinski definition) is 4. The van der Waals surface area contributed by atoms with Crippen molar-refractivity contribution in [2.45, 2.75) is 25.3 Å². The Morgan fingerprint density at radius 2 is 2.25 bits per heavy atom. The van der Waals surface area contributed by atoms with E-state index in [2.05, 4.69) is 5.32 Å². The summed E-state index contributed by atoms with van der Waals surface area (Å²) in [5, 5.41) is 12.6. The van der Waals surface area contributed by atoms with E-state index in [4.69, 9.17) is 22.7 Å². The minimum Gasteiger partial charge on any atom is -0.504 e. The summed E-state index contributed by atoms with van der Waals surface area (Å²) in [6.07, 6.45) is 2.78. The Labute approximate surface area is 123 Å². The zero-order valence-corrected chi connectivity index (χ0v) is 12.1.